The van der Waals surface area contributed by atoms with Gasteiger partial charge in [-0.15, -0.1) is 0 Å². The van der Waals surface area contributed by atoms with Gasteiger partial charge in [0.15, 0.2) is 17.5 Å². The summed E-state index contributed by atoms with van der Waals surface area (Å²) < 4.78 is 16.3. The Kier molecular flexibility index (Phi) is 8.79. The molecule has 14 rings (SSSR count). The highest BCUT2D eigenvalue weighted by atomic mass is 16.3. The Morgan fingerprint density at radius 2 is 0.739 bits per heavy atom. The second-order valence-corrected chi connectivity index (χ2v) is 17.5. The molecule has 0 bridgehead atoms. The zero-order valence-electron chi connectivity index (χ0n) is 37.0. The largest absolute Gasteiger partial charge is 0.455 e. The maximum Gasteiger partial charge on any atom is 0.167 e. The third kappa shape index (κ3) is 6.38. The summed E-state index contributed by atoms with van der Waals surface area (Å²) in [6.45, 7) is 0. The van der Waals surface area contributed by atoms with E-state index in [1.807, 2.05) is 42.5 Å². The molecule has 6 heteroatoms. The van der Waals surface area contributed by atoms with E-state index in [1.165, 1.54) is 21.9 Å². The van der Waals surface area contributed by atoms with Crippen molar-refractivity contribution >= 4 is 65.7 Å². The van der Waals surface area contributed by atoms with Crippen molar-refractivity contribution < 1.29 is 8.83 Å². The second-order valence-electron chi connectivity index (χ2n) is 17.5. The highest BCUT2D eigenvalue weighted by molar-refractivity contribution is 6.17. The molecule has 0 saturated carbocycles. The SMILES string of the molecule is c1ccc(-c2ccc(-c3nc(-c4ccccc4)nc(-c4cccc5c4oc4c(-c6cccc7c6oc6cc(-n8c9ccccc9c9cc(-c%10ccccc%10)ccc98)ccc67)cccc45)n3)cc2)cc1. The van der Waals surface area contributed by atoms with Crippen molar-refractivity contribution in [2.24, 2.45) is 0 Å². The van der Waals surface area contributed by atoms with Crippen molar-refractivity contribution in [2.45, 2.75) is 0 Å². The number of furan rings is 2. The predicted molar refractivity (Wildman–Crippen MR) is 281 cm³/mol. The van der Waals surface area contributed by atoms with Crippen LogP contribution in [0.15, 0.2) is 239 Å². The third-order valence-electron chi connectivity index (χ3n) is 13.5. The predicted octanol–water partition coefficient (Wildman–Crippen LogP) is 16.8. The summed E-state index contributed by atoms with van der Waals surface area (Å²) in [5.74, 6) is 1.71. The molecule has 69 heavy (non-hydrogen) atoms. The Labute approximate surface area is 396 Å². The average molecular weight is 883 g/mol. The Bertz CT molecular complexity index is 4290. The van der Waals surface area contributed by atoms with E-state index in [0.29, 0.717) is 23.1 Å². The lowest BCUT2D eigenvalue weighted by Crippen LogP contribution is -2.00. The summed E-state index contributed by atoms with van der Waals surface area (Å²) in [6, 6.07) is 80.3. The zero-order chi connectivity index (χ0) is 45.4. The van der Waals surface area contributed by atoms with Crippen LogP contribution in [0.3, 0.4) is 0 Å². The van der Waals surface area contributed by atoms with E-state index in [1.54, 1.807) is 0 Å². The number of rotatable bonds is 7. The normalized spacial score (nSPS) is 11.8. The fraction of sp³-hybridized carbons (Fsp3) is 0. The van der Waals surface area contributed by atoms with Crippen LogP contribution >= 0.6 is 0 Å². The van der Waals surface area contributed by atoms with E-state index in [9.17, 15) is 0 Å². The number of fused-ring (bicyclic) bond motifs is 9. The van der Waals surface area contributed by atoms with Crippen LogP contribution in [-0.4, -0.2) is 19.5 Å². The lowest BCUT2D eigenvalue weighted by Gasteiger charge is -2.09. The van der Waals surface area contributed by atoms with Crippen molar-refractivity contribution in [1.82, 2.24) is 19.5 Å². The second kappa shape index (κ2) is 15.6. The molecule has 0 saturated heterocycles. The number of para-hydroxylation sites is 4. The van der Waals surface area contributed by atoms with Gasteiger partial charge in [-0.3, -0.25) is 0 Å². The van der Waals surface area contributed by atoms with Gasteiger partial charge in [-0.2, -0.15) is 0 Å². The third-order valence-corrected chi connectivity index (χ3v) is 13.5. The van der Waals surface area contributed by atoms with E-state index in [4.69, 9.17) is 23.8 Å². The lowest BCUT2D eigenvalue weighted by molar-refractivity contribution is 0.665. The van der Waals surface area contributed by atoms with Crippen LogP contribution in [0.2, 0.25) is 0 Å². The van der Waals surface area contributed by atoms with Gasteiger partial charge in [-0.1, -0.05) is 188 Å². The zero-order valence-corrected chi connectivity index (χ0v) is 37.0. The molecular weight excluding hydrogens is 845 g/mol. The van der Waals surface area contributed by atoms with E-state index in [2.05, 4.69) is 193 Å². The Balaban J connectivity index is 0.894. The van der Waals surface area contributed by atoms with Crippen molar-refractivity contribution in [3.05, 3.63) is 231 Å². The first-order valence-electron chi connectivity index (χ1n) is 23.2. The highest BCUT2D eigenvalue weighted by Crippen LogP contribution is 2.44. The van der Waals surface area contributed by atoms with Crippen LogP contribution in [0, 0.1) is 0 Å². The van der Waals surface area contributed by atoms with Gasteiger partial charge >= 0.3 is 0 Å². The molecule has 0 aliphatic heterocycles. The molecule has 0 fully saturated rings. The standard InChI is InChI=1S/C63H38N4O2/c1-4-15-39(16-5-1)41-29-31-43(32-30-41)62-64-61(42-19-8-3-9-20-42)65-63(66-62)53-27-14-26-52-51-25-13-24-50(59(51)69-60(52)53)49-23-12-22-48-47-35-34-45(38-57(47)68-58(48)49)67-55-28-11-10-21-46(55)54-37-44(33-36-56(54)67)40-17-6-2-7-18-40/h1-38H. The smallest absolute Gasteiger partial charge is 0.167 e. The maximum absolute atomic E-state index is 7.04. The number of aromatic nitrogens is 4. The Morgan fingerprint density at radius 1 is 0.275 bits per heavy atom. The van der Waals surface area contributed by atoms with Crippen LogP contribution in [0.25, 0.3) is 139 Å². The summed E-state index contributed by atoms with van der Waals surface area (Å²) in [6.07, 6.45) is 0. The van der Waals surface area contributed by atoms with Crippen LogP contribution < -0.4 is 0 Å². The number of benzene rings is 10. The number of hydrogen-bond acceptors (Lipinski definition) is 5. The van der Waals surface area contributed by atoms with E-state index in [-0.39, 0.29) is 0 Å². The van der Waals surface area contributed by atoms with Gasteiger partial charge in [0.2, 0.25) is 0 Å². The van der Waals surface area contributed by atoms with Crippen LogP contribution in [-0.2, 0) is 0 Å². The van der Waals surface area contributed by atoms with Gasteiger partial charge in [-0.25, -0.2) is 15.0 Å². The minimum absolute atomic E-state index is 0.535. The lowest BCUT2D eigenvalue weighted by atomic mass is 9.99. The molecule has 14 aromatic rings. The van der Waals surface area contributed by atoms with Crippen molar-refractivity contribution in [1.29, 1.82) is 0 Å². The van der Waals surface area contributed by atoms with Gasteiger partial charge in [0.05, 0.1) is 16.6 Å². The average Bonchev–Trinajstić information content (AvgIpc) is 4.11. The molecule has 322 valence electrons. The maximum atomic E-state index is 7.04. The van der Waals surface area contributed by atoms with Crippen molar-refractivity contribution in [3.63, 3.8) is 0 Å². The summed E-state index contributed by atoms with van der Waals surface area (Å²) in [4.78, 5) is 15.3. The first-order valence-corrected chi connectivity index (χ1v) is 23.2. The first-order chi connectivity index (χ1) is 34.2. The minimum atomic E-state index is 0.535. The molecule has 0 spiro atoms. The monoisotopic (exact) mass is 882 g/mol. The summed E-state index contributed by atoms with van der Waals surface area (Å²) in [5.41, 5.74) is 15.6. The molecule has 0 N–H and O–H groups in total. The fourth-order valence-electron chi connectivity index (χ4n) is 10.2. The molecule has 0 radical (unpaired) electrons. The highest BCUT2D eigenvalue weighted by Gasteiger charge is 2.22. The summed E-state index contributed by atoms with van der Waals surface area (Å²) in [7, 11) is 0. The van der Waals surface area contributed by atoms with Gasteiger partial charge in [0, 0.05) is 66.3 Å². The first kappa shape index (κ1) is 38.8. The molecule has 10 aromatic carbocycles. The minimum Gasteiger partial charge on any atom is -0.455 e. The summed E-state index contributed by atoms with van der Waals surface area (Å²) in [5, 5.41) is 6.49. The van der Waals surface area contributed by atoms with Crippen LogP contribution in [0.4, 0.5) is 0 Å². The molecule has 0 aliphatic rings. The van der Waals surface area contributed by atoms with E-state index in [0.717, 1.165) is 94.0 Å². The Hall–Kier alpha value is -9.39. The molecule has 4 heterocycles. The Morgan fingerprint density at radius 3 is 1.42 bits per heavy atom. The number of nitrogens with zero attached hydrogens (tertiary/aromatic N) is 4. The van der Waals surface area contributed by atoms with Crippen LogP contribution in [0.1, 0.15) is 0 Å². The van der Waals surface area contributed by atoms with Gasteiger partial charge < -0.3 is 13.4 Å². The summed E-state index contributed by atoms with van der Waals surface area (Å²) >= 11 is 0. The molecule has 0 unspecified atom stereocenters. The fourth-order valence-corrected chi connectivity index (χ4v) is 10.2. The molecule has 6 nitrogen and oxygen atoms in total. The van der Waals surface area contributed by atoms with Crippen molar-refractivity contribution in [3.8, 4) is 73.2 Å². The van der Waals surface area contributed by atoms with Gasteiger partial charge in [0.1, 0.15) is 22.3 Å². The van der Waals surface area contributed by atoms with Gasteiger partial charge in [0.25, 0.3) is 0 Å². The van der Waals surface area contributed by atoms with E-state index >= 15 is 0 Å². The molecule has 0 amide bonds. The quantitative estimate of drug-likeness (QED) is 0.159. The van der Waals surface area contributed by atoms with Crippen LogP contribution in [0.5, 0.6) is 0 Å². The molecule has 0 atom stereocenters. The van der Waals surface area contributed by atoms with Crippen molar-refractivity contribution in [2.75, 3.05) is 0 Å². The molecular formula is C63H38N4O2. The topological polar surface area (TPSA) is 69.9 Å². The van der Waals surface area contributed by atoms with Gasteiger partial charge in [-0.05, 0) is 58.7 Å². The van der Waals surface area contributed by atoms with E-state index < -0.39 is 0 Å². The molecule has 0 aliphatic carbocycles. The molecule has 4 aromatic heterocycles. The number of hydrogen-bond donors (Lipinski definition) is 0.